The molecule has 4 heteroatoms. The zero-order valence-electron chi connectivity index (χ0n) is 12.8. The minimum Gasteiger partial charge on any atom is -0.491 e. The van der Waals surface area contributed by atoms with Gasteiger partial charge in [-0.3, -0.25) is 4.79 Å². The van der Waals surface area contributed by atoms with Gasteiger partial charge >= 0.3 is 0 Å². The van der Waals surface area contributed by atoms with Crippen molar-refractivity contribution < 1.29 is 9.53 Å². The molecule has 1 amide bonds. The summed E-state index contributed by atoms with van der Waals surface area (Å²) in [5.41, 5.74) is 7.62. The number of benzene rings is 2. The number of nitrogens with one attached hydrogen (secondary N) is 1. The molecule has 0 saturated heterocycles. The summed E-state index contributed by atoms with van der Waals surface area (Å²) in [5, 5.41) is 2.82. The van der Waals surface area contributed by atoms with Crippen LogP contribution >= 0.6 is 0 Å². The van der Waals surface area contributed by atoms with Crippen molar-refractivity contribution in [3.05, 3.63) is 54.6 Å². The molecule has 0 radical (unpaired) electrons. The van der Waals surface area contributed by atoms with Crippen LogP contribution in [-0.2, 0) is 4.79 Å². The maximum Gasteiger partial charge on any atom is 0.224 e. The van der Waals surface area contributed by atoms with E-state index in [0.29, 0.717) is 19.7 Å². The van der Waals surface area contributed by atoms with Crippen LogP contribution in [0.3, 0.4) is 0 Å². The lowest BCUT2D eigenvalue weighted by atomic mass is 10.1. The molecule has 0 heterocycles. The second kappa shape index (κ2) is 8.20. The van der Waals surface area contributed by atoms with Crippen molar-refractivity contribution in [1.29, 1.82) is 0 Å². The topological polar surface area (TPSA) is 64.4 Å². The maximum absolute atomic E-state index is 11.6. The smallest absolute Gasteiger partial charge is 0.224 e. The van der Waals surface area contributed by atoms with Crippen LogP contribution in [0.1, 0.15) is 6.92 Å². The van der Waals surface area contributed by atoms with Gasteiger partial charge in [-0.1, -0.05) is 55.5 Å². The Labute approximate surface area is 131 Å². The number of nitrogens with two attached hydrogens (primary N) is 1. The zero-order chi connectivity index (χ0) is 15.8. The summed E-state index contributed by atoms with van der Waals surface area (Å²) in [6, 6.07) is 18.0. The molecule has 2 aromatic carbocycles. The minimum atomic E-state index is -0.170. The van der Waals surface area contributed by atoms with Crippen molar-refractivity contribution in [1.82, 2.24) is 5.32 Å². The van der Waals surface area contributed by atoms with Crippen LogP contribution in [0.25, 0.3) is 11.1 Å². The number of hydrogen-bond acceptors (Lipinski definition) is 3. The van der Waals surface area contributed by atoms with Crippen molar-refractivity contribution in [3.63, 3.8) is 0 Å². The summed E-state index contributed by atoms with van der Waals surface area (Å²) in [7, 11) is 0. The van der Waals surface area contributed by atoms with Gasteiger partial charge in [0.15, 0.2) is 0 Å². The molecular weight excluding hydrogens is 276 g/mol. The zero-order valence-corrected chi connectivity index (χ0v) is 12.8. The van der Waals surface area contributed by atoms with Crippen LogP contribution in [0.5, 0.6) is 5.75 Å². The molecule has 0 aromatic heterocycles. The van der Waals surface area contributed by atoms with E-state index in [0.717, 1.165) is 16.9 Å². The monoisotopic (exact) mass is 298 g/mol. The fourth-order valence-corrected chi connectivity index (χ4v) is 2.07. The number of amides is 1. The summed E-state index contributed by atoms with van der Waals surface area (Å²) in [6.07, 6.45) is 0. The third-order valence-electron chi connectivity index (χ3n) is 3.43. The molecular formula is C18H22N2O2. The number of hydrogen-bond donors (Lipinski definition) is 2. The first-order valence-electron chi connectivity index (χ1n) is 7.47. The quantitative estimate of drug-likeness (QED) is 0.772. The van der Waals surface area contributed by atoms with Gasteiger partial charge in [0, 0.05) is 18.0 Å². The molecule has 0 fully saturated rings. The highest BCUT2D eigenvalue weighted by molar-refractivity contribution is 5.78. The molecule has 116 valence electrons. The first kappa shape index (κ1) is 16.0. The highest BCUT2D eigenvalue weighted by Crippen LogP contribution is 2.29. The van der Waals surface area contributed by atoms with Crippen molar-refractivity contribution in [2.75, 3.05) is 19.7 Å². The van der Waals surface area contributed by atoms with E-state index in [1.165, 1.54) is 0 Å². The van der Waals surface area contributed by atoms with E-state index in [2.05, 4.69) is 5.32 Å². The van der Waals surface area contributed by atoms with Gasteiger partial charge in [-0.15, -0.1) is 0 Å². The van der Waals surface area contributed by atoms with Crippen LogP contribution in [-0.4, -0.2) is 25.6 Å². The molecule has 0 saturated carbocycles. The van der Waals surface area contributed by atoms with Crippen molar-refractivity contribution in [3.8, 4) is 16.9 Å². The molecule has 1 unspecified atom stereocenters. The minimum absolute atomic E-state index is 0.0394. The van der Waals surface area contributed by atoms with Crippen LogP contribution in [0, 0.1) is 5.92 Å². The highest BCUT2D eigenvalue weighted by atomic mass is 16.5. The van der Waals surface area contributed by atoms with Gasteiger partial charge in [0.1, 0.15) is 12.4 Å². The predicted molar refractivity (Wildman–Crippen MR) is 88.6 cm³/mol. The highest BCUT2D eigenvalue weighted by Gasteiger charge is 2.10. The van der Waals surface area contributed by atoms with E-state index < -0.39 is 0 Å². The SMILES string of the molecule is CC(CN)C(=O)NCCOc1ccccc1-c1ccccc1. The van der Waals surface area contributed by atoms with Gasteiger partial charge in [0.05, 0.1) is 6.54 Å². The molecule has 2 rings (SSSR count). The molecule has 0 aliphatic carbocycles. The van der Waals surface area contributed by atoms with E-state index in [-0.39, 0.29) is 11.8 Å². The molecule has 4 nitrogen and oxygen atoms in total. The Hall–Kier alpha value is -2.33. The van der Waals surface area contributed by atoms with Gasteiger partial charge in [0.25, 0.3) is 0 Å². The van der Waals surface area contributed by atoms with E-state index in [9.17, 15) is 4.79 Å². The van der Waals surface area contributed by atoms with Crippen molar-refractivity contribution >= 4 is 5.91 Å². The maximum atomic E-state index is 11.6. The Morgan fingerprint density at radius 2 is 1.82 bits per heavy atom. The predicted octanol–water partition coefficient (Wildman–Crippen LogP) is 2.44. The fourth-order valence-electron chi connectivity index (χ4n) is 2.07. The van der Waals surface area contributed by atoms with Crippen LogP contribution in [0.15, 0.2) is 54.6 Å². The summed E-state index contributed by atoms with van der Waals surface area (Å²) >= 11 is 0. The third kappa shape index (κ3) is 4.33. The Balaban J connectivity index is 1.93. The van der Waals surface area contributed by atoms with Crippen molar-refractivity contribution in [2.45, 2.75) is 6.92 Å². The van der Waals surface area contributed by atoms with Gasteiger partial charge < -0.3 is 15.8 Å². The number of para-hydroxylation sites is 1. The largest absolute Gasteiger partial charge is 0.491 e. The Kier molecular flexibility index (Phi) is 5.98. The van der Waals surface area contributed by atoms with Crippen LogP contribution in [0.4, 0.5) is 0 Å². The van der Waals surface area contributed by atoms with Crippen molar-refractivity contribution in [2.24, 2.45) is 11.7 Å². The average Bonchev–Trinajstić information content (AvgIpc) is 2.59. The van der Waals surface area contributed by atoms with Crippen LogP contribution < -0.4 is 15.8 Å². The van der Waals surface area contributed by atoms with Gasteiger partial charge in [0.2, 0.25) is 5.91 Å². The second-order valence-corrected chi connectivity index (χ2v) is 5.14. The summed E-state index contributed by atoms with van der Waals surface area (Å²) in [4.78, 5) is 11.6. The normalized spacial score (nSPS) is 11.7. The van der Waals surface area contributed by atoms with E-state index in [1.54, 1.807) is 6.92 Å². The Morgan fingerprint density at radius 3 is 2.55 bits per heavy atom. The third-order valence-corrected chi connectivity index (χ3v) is 3.43. The number of carbonyl (C=O) groups excluding carboxylic acids is 1. The molecule has 3 N–H and O–H groups in total. The second-order valence-electron chi connectivity index (χ2n) is 5.14. The lowest BCUT2D eigenvalue weighted by Crippen LogP contribution is -2.35. The molecule has 0 aliphatic heterocycles. The van der Waals surface area contributed by atoms with Gasteiger partial charge in [-0.25, -0.2) is 0 Å². The summed E-state index contributed by atoms with van der Waals surface area (Å²) < 4.78 is 5.81. The molecule has 0 spiro atoms. The fraction of sp³-hybridized carbons (Fsp3) is 0.278. The Morgan fingerprint density at radius 1 is 1.14 bits per heavy atom. The molecule has 2 aromatic rings. The molecule has 0 aliphatic rings. The van der Waals surface area contributed by atoms with E-state index in [4.69, 9.17) is 10.5 Å². The lowest BCUT2D eigenvalue weighted by Gasteiger charge is -2.13. The van der Waals surface area contributed by atoms with E-state index >= 15 is 0 Å². The number of rotatable bonds is 7. The van der Waals surface area contributed by atoms with Gasteiger partial charge in [-0.2, -0.15) is 0 Å². The Bertz CT molecular complexity index is 599. The molecule has 22 heavy (non-hydrogen) atoms. The first-order chi connectivity index (χ1) is 10.7. The van der Waals surface area contributed by atoms with Gasteiger partial charge in [-0.05, 0) is 11.6 Å². The lowest BCUT2D eigenvalue weighted by molar-refractivity contribution is -0.124. The standard InChI is InChI=1S/C18H22N2O2/c1-14(13-19)18(21)20-11-12-22-17-10-6-5-9-16(17)15-7-3-2-4-8-15/h2-10,14H,11-13,19H2,1H3,(H,20,21). The molecule has 0 bridgehead atoms. The summed E-state index contributed by atoms with van der Waals surface area (Å²) in [6.45, 7) is 3.05. The number of carbonyl (C=O) groups is 1. The average molecular weight is 298 g/mol. The number of ether oxygens (including phenoxy) is 1. The van der Waals surface area contributed by atoms with E-state index in [1.807, 2.05) is 54.6 Å². The molecule has 1 atom stereocenters. The first-order valence-corrected chi connectivity index (χ1v) is 7.47. The van der Waals surface area contributed by atoms with Crippen LogP contribution in [0.2, 0.25) is 0 Å². The summed E-state index contributed by atoms with van der Waals surface area (Å²) in [5.74, 6) is 0.605.